The predicted octanol–water partition coefficient (Wildman–Crippen LogP) is 3.23. The molecule has 8 heteroatoms. The fourth-order valence-corrected chi connectivity index (χ4v) is 2.96. The van der Waals surface area contributed by atoms with Crippen LogP contribution in [0.3, 0.4) is 0 Å². The van der Waals surface area contributed by atoms with Crippen LogP contribution in [0.25, 0.3) is 6.08 Å². The molecule has 0 fully saturated rings. The highest BCUT2D eigenvalue weighted by atomic mass is 35.5. The van der Waals surface area contributed by atoms with E-state index >= 15 is 0 Å². The van der Waals surface area contributed by atoms with Crippen LogP contribution in [0.15, 0.2) is 42.5 Å². The van der Waals surface area contributed by atoms with Crippen molar-refractivity contribution in [3.63, 3.8) is 0 Å². The van der Waals surface area contributed by atoms with Gasteiger partial charge in [-0.15, -0.1) is 0 Å². The first-order valence-corrected chi connectivity index (χ1v) is 9.30. The minimum Gasteiger partial charge on any atom is -0.497 e. The fourth-order valence-electron chi connectivity index (χ4n) is 2.69. The summed E-state index contributed by atoms with van der Waals surface area (Å²) in [6.45, 7) is 0.808. The van der Waals surface area contributed by atoms with Gasteiger partial charge in [0.1, 0.15) is 19.0 Å². The van der Waals surface area contributed by atoms with E-state index in [0.29, 0.717) is 46.7 Å². The Morgan fingerprint density at radius 3 is 2.66 bits per heavy atom. The first kappa shape index (κ1) is 20.5. The van der Waals surface area contributed by atoms with Crippen LogP contribution in [0.1, 0.15) is 5.56 Å². The standard InChI is InChI=1S/C21H21ClN2O5/c1-24(13-19(25)23-15-4-6-16(27-2)7-5-15)20(26)8-3-14-11-17(22)21-18(12-14)28-9-10-29-21/h3-8,11-12H,9-10,13H2,1-2H3,(H,23,25)/b8-3+. The molecule has 152 valence electrons. The molecule has 0 unspecified atom stereocenters. The zero-order chi connectivity index (χ0) is 20.8. The van der Waals surface area contributed by atoms with Crippen molar-refractivity contribution < 1.29 is 23.8 Å². The van der Waals surface area contributed by atoms with Crippen LogP contribution in [-0.4, -0.2) is 50.6 Å². The highest BCUT2D eigenvalue weighted by Gasteiger charge is 2.16. The van der Waals surface area contributed by atoms with Crippen LogP contribution in [-0.2, 0) is 9.59 Å². The van der Waals surface area contributed by atoms with E-state index in [9.17, 15) is 9.59 Å². The van der Waals surface area contributed by atoms with Crippen molar-refractivity contribution in [1.82, 2.24) is 4.90 Å². The average Bonchev–Trinajstić information content (AvgIpc) is 2.72. The Bertz CT molecular complexity index is 927. The van der Waals surface area contributed by atoms with Crippen LogP contribution in [0.5, 0.6) is 17.2 Å². The SMILES string of the molecule is COc1ccc(NC(=O)CN(C)C(=O)/C=C/c2cc(Cl)c3c(c2)OCCO3)cc1. The van der Waals surface area contributed by atoms with Crippen LogP contribution in [0.4, 0.5) is 5.69 Å². The van der Waals surface area contributed by atoms with Crippen molar-refractivity contribution in [2.45, 2.75) is 0 Å². The Hall–Kier alpha value is -3.19. The van der Waals surface area contributed by atoms with Crippen molar-refractivity contribution >= 4 is 35.2 Å². The number of rotatable bonds is 6. The first-order valence-electron chi connectivity index (χ1n) is 8.92. The summed E-state index contributed by atoms with van der Waals surface area (Å²) >= 11 is 6.20. The number of anilines is 1. The van der Waals surface area contributed by atoms with Crippen LogP contribution in [0, 0.1) is 0 Å². The van der Waals surface area contributed by atoms with Gasteiger partial charge in [-0.25, -0.2) is 0 Å². The molecule has 2 amide bonds. The predicted molar refractivity (Wildman–Crippen MR) is 111 cm³/mol. The molecule has 0 radical (unpaired) electrons. The second-order valence-corrected chi connectivity index (χ2v) is 6.74. The van der Waals surface area contributed by atoms with E-state index in [4.69, 9.17) is 25.8 Å². The Labute approximate surface area is 173 Å². The quantitative estimate of drug-likeness (QED) is 0.731. The molecule has 1 N–H and O–H groups in total. The number of hydrogen-bond donors (Lipinski definition) is 1. The van der Waals surface area contributed by atoms with E-state index in [1.165, 1.54) is 11.0 Å². The van der Waals surface area contributed by atoms with Gasteiger partial charge in [0.05, 0.1) is 18.7 Å². The number of carbonyl (C=O) groups is 2. The van der Waals surface area contributed by atoms with Crippen LogP contribution >= 0.6 is 11.6 Å². The number of fused-ring (bicyclic) bond motifs is 1. The Morgan fingerprint density at radius 1 is 1.21 bits per heavy atom. The number of hydrogen-bond acceptors (Lipinski definition) is 5. The van der Waals surface area contributed by atoms with Gasteiger partial charge < -0.3 is 24.4 Å². The Kier molecular flexibility index (Phi) is 6.61. The molecular weight excluding hydrogens is 396 g/mol. The maximum Gasteiger partial charge on any atom is 0.246 e. The monoisotopic (exact) mass is 416 g/mol. The molecule has 0 spiro atoms. The number of benzene rings is 2. The minimum absolute atomic E-state index is 0.0862. The topological polar surface area (TPSA) is 77.1 Å². The summed E-state index contributed by atoms with van der Waals surface area (Å²) in [6.07, 6.45) is 2.99. The number of likely N-dealkylation sites (N-methyl/N-ethyl adjacent to an activating group) is 1. The van der Waals surface area contributed by atoms with Gasteiger partial charge >= 0.3 is 0 Å². The summed E-state index contributed by atoms with van der Waals surface area (Å²) in [5.41, 5.74) is 1.32. The van der Waals surface area contributed by atoms with Gasteiger partial charge in [0.2, 0.25) is 11.8 Å². The molecular formula is C21H21ClN2O5. The lowest BCUT2D eigenvalue weighted by Gasteiger charge is -2.19. The summed E-state index contributed by atoms with van der Waals surface area (Å²) in [5.74, 6) is 1.12. The Morgan fingerprint density at radius 2 is 1.93 bits per heavy atom. The number of ether oxygens (including phenoxy) is 3. The molecule has 2 aromatic rings. The smallest absolute Gasteiger partial charge is 0.246 e. The second-order valence-electron chi connectivity index (χ2n) is 6.33. The van der Waals surface area contributed by atoms with E-state index in [1.807, 2.05) is 0 Å². The zero-order valence-corrected chi connectivity index (χ0v) is 16.9. The molecule has 1 heterocycles. The number of halogens is 1. The van der Waals surface area contributed by atoms with Gasteiger partial charge in [0.25, 0.3) is 0 Å². The van der Waals surface area contributed by atoms with Gasteiger partial charge in [-0.05, 0) is 48.0 Å². The molecule has 1 aliphatic rings. The summed E-state index contributed by atoms with van der Waals surface area (Å²) in [4.78, 5) is 25.8. The maximum absolute atomic E-state index is 12.3. The summed E-state index contributed by atoms with van der Waals surface area (Å²) < 4.78 is 16.1. The van der Waals surface area contributed by atoms with E-state index < -0.39 is 0 Å². The molecule has 1 aliphatic heterocycles. The van der Waals surface area contributed by atoms with Crippen molar-refractivity contribution in [2.24, 2.45) is 0 Å². The molecule has 0 aromatic heterocycles. The lowest BCUT2D eigenvalue weighted by atomic mass is 10.1. The summed E-state index contributed by atoms with van der Waals surface area (Å²) in [7, 11) is 3.12. The highest BCUT2D eigenvalue weighted by molar-refractivity contribution is 6.32. The van der Waals surface area contributed by atoms with E-state index in [2.05, 4.69) is 5.32 Å². The maximum atomic E-state index is 12.3. The number of nitrogens with one attached hydrogen (secondary N) is 1. The summed E-state index contributed by atoms with van der Waals surface area (Å²) in [5, 5.41) is 3.15. The minimum atomic E-state index is -0.319. The molecule has 0 aliphatic carbocycles. The lowest BCUT2D eigenvalue weighted by Crippen LogP contribution is -2.33. The van der Waals surface area contributed by atoms with Crippen molar-refractivity contribution in [1.29, 1.82) is 0 Å². The van der Waals surface area contributed by atoms with Crippen molar-refractivity contribution in [2.75, 3.05) is 39.2 Å². The number of nitrogens with zero attached hydrogens (tertiary/aromatic N) is 1. The van der Waals surface area contributed by atoms with Gasteiger partial charge in [0, 0.05) is 18.8 Å². The molecule has 29 heavy (non-hydrogen) atoms. The number of amides is 2. The number of methoxy groups -OCH3 is 1. The third-order valence-electron chi connectivity index (χ3n) is 4.17. The summed E-state index contributed by atoms with van der Waals surface area (Å²) in [6, 6.07) is 10.4. The third-order valence-corrected chi connectivity index (χ3v) is 4.45. The van der Waals surface area contributed by atoms with Crippen LogP contribution < -0.4 is 19.5 Å². The van der Waals surface area contributed by atoms with E-state index in [-0.39, 0.29) is 18.4 Å². The van der Waals surface area contributed by atoms with E-state index in [0.717, 1.165) is 0 Å². The first-order chi connectivity index (χ1) is 14.0. The Balaban J connectivity index is 1.57. The second kappa shape index (κ2) is 9.34. The average molecular weight is 417 g/mol. The molecule has 0 bridgehead atoms. The fraction of sp³-hybridized carbons (Fsp3) is 0.238. The number of carbonyl (C=O) groups excluding carboxylic acids is 2. The molecule has 0 saturated heterocycles. The van der Waals surface area contributed by atoms with Gasteiger partial charge in [-0.1, -0.05) is 11.6 Å². The largest absolute Gasteiger partial charge is 0.497 e. The van der Waals surface area contributed by atoms with Crippen molar-refractivity contribution in [3.05, 3.63) is 53.1 Å². The molecule has 2 aromatic carbocycles. The molecule has 3 rings (SSSR count). The van der Waals surface area contributed by atoms with E-state index in [1.54, 1.807) is 56.6 Å². The molecule has 0 saturated carbocycles. The molecule has 7 nitrogen and oxygen atoms in total. The van der Waals surface area contributed by atoms with Crippen molar-refractivity contribution in [3.8, 4) is 17.2 Å². The van der Waals surface area contributed by atoms with Crippen LogP contribution in [0.2, 0.25) is 5.02 Å². The normalized spacial score (nSPS) is 12.5. The zero-order valence-electron chi connectivity index (χ0n) is 16.1. The van der Waals surface area contributed by atoms with Gasteiger partial charge in [0.15, 0.2) is 11.5 Å². The van der Waals surface area contributed by atoms with Gasteiger partial charge in [-0.3, -0.25) is 9.59 Å². The van der Waals surface area contributed by atoms with Gasteiger partial charge in [-0.2, -0.15) is 0 Å². The third kappa shape index (κ3) is 5.42. The molecule has 0 atom stereocenters. The lowest BCUT2D eigenvalue weighted by molar-refractivity contribution is -0.129. The highest BCUT2D eigenvalue weighted by Crippen LogP contribution is 2.38.